The molecule has 0 spiro atoms. The van der Waals surface area contributed by atoms with Crippen LogP contribution in [0.25, 0.3) is 11.5 Å². The highest BCUT2D eigenvalue weighted by Crippen LogP contribution is 2.22. The van der Waals surface area contributed by atoms with E-state index < -0.39 is 12.0 Å². The van der Waals surface area contributed by atoms with E-state index in [1.165, 1.54) is 0 Å². The Morgan fingerprint density at radius 2 is 1.89 bits per heavy atom. The van der Waals surface area contributed by atoms with Crippen molar-refractivity contribution >= 4 is 5.97 Å². The average molecular weight is 366 g/mol. The maximum atomic E-state index is 10.8. The summed E-state index contributed by atoms with van der Waals surface area (Å²) in [6, 6.07) is 16.2. The van der Waals surface area contributed by atoms with Gasteiger partial charge in [-0.1, -0.05) is 30.3 Å². The summed E-state index contributed by atoms with van der Waals surface area (Å²) in [6.07, 6.45) is 0.920. The Balaban J connectivity index is 1.54. The smallest absolute Gasteiger partial charge is 0.320 e. The summed E-state index contributed by atoms with van der Waals surface area (Å²) in [5, 5.41) is 8.86. The van der Waals surface area contributed by atoms with Gasteiger partial charge in [0.05, 0.1) is 12.3 Å². The molecule has 1 unspecified atom stereocenters. The highest BCUT2D eigenvalue weighted by atomic mass is 16.5. The first-order valence-corrected chi connectivity index (χ1v) is 8.75. The summed E-state index contributed by atoms with van der Waals surface area (Å²) in [6.45, 7) is 2.37. The Hall–Kier alpha value is -3.12. The van der Waals surface area contributed by atoms with Crippen molar-refractivity contribution in [1.29, 1.82) is 0 Å². The molecule has 140 valence electrons. The van der Waals surface area contributed by atoms with Crippen LogP contribution in [0.1, 0.15) is 17.0 Å². The summed E-state index contributed by atoms with van der Waals surface area (Å²) in [5.74, 6) is 1.11. The summed E-state index contributed by atoms with van der Waals surface area (Å²) in [5.41, 5.74) is 8.22. The quantitative estimate of drug-likeness (QED) is 0.635. The van der Waals surface area contributed by atoms with Crippen LogP contribution in [0.2, 0.25) is 0 Å². The van der Waals surface area contributed by atoms with Crippen molar-refractivity contribution in [2.45, 2.75) is 25.8 Å². The van der Waals surface area contributed by atoms with E-state index in [-0.39, 0.29) is 6.42 Å². The Kier molecular flexibility index (Phi) is 5.88. The van der Waals surface area contributed by atoms with Crippen LogP contribution in [0.3, 0.4) is 0 Å². The van der Waals surface area contributed by atoms with Crippen LogP contribution >= 0.6 is 0 Å². The van der Waals surface area contributed by atoms with Gasteiger partial charge >= 0.3 is 5.97 Å². The Labute approximate surface area is 157 Å². The number of rotatable bonds is 8. The molecule has 6 heteroatoms. The molecule has 0 aliphatic heterocycles. The summed E-state index contributed by atoms with van der Waals surface area (Å²) in [4.78, 5) is 15.4. The predicted molar refractivity (Wildman–Crippen MR) is 102 cm³/mol. The van der Waals surface area contributed by atoms with Crippen LogP contribution < -0.4 is 10.5 Å². The summed E-state index contributed by atoms with van der Waals surface area (Å²) >= 11 is 0. The third-order valence-electron chi connectivity index (χ3n) is 4.22. The number of hydrogen-bond donors (Lipinski definition) is 2. The first-order valence-electron chi connectivity index (χ1n) is 8.75. The van der Waals surface area contributed by atoms with Gasteiger partial charge in [0.1, 0.15) is 17.6 Å². The van der Waals surface area contributed by atoms with Gasteiger partial charge in [-0.15, -0.1) is 0 Å². The van der Waals surface area contributed by atoms with E-state index >= 15 is 0 Å². The number of carbonyl (C=O) groups is 1. The molecule has 1 aromatic heterocycles. The molecule has 0 aliphatic carbocycles. The number of nitrogens with zero attached hydrogens (tertiary/aromatic N) is 1. The number of hydrogen-bond acceptors (Lipinski definition) is 5. The fourth-order valence-corrected chi connectivity index (χ4v) is 2.69. The van der Waals surface area contributed by atoms with Crippen molar-refractivity contribution in [1.82, 2.24) is 4.98 Å². The van der Waals surface area contributed by atoms with Crippen LogP contribution in [0.4, 0.5) is 0 Å². The number of aliphatic carboxylic acids is 1. The molecule has 0 bridgehead atoms. The summed E-state index contributed by atoms with van der Waals surface area (Å²) < 4.78 is 11.5. The lowest BCUT2D eigenvalue weighted by atomic mass is 10.1. The van der Waals surface area contributed by atoms with Gasteiger partial charge in [0.15, 0.2) is 0 Å². The second-order valence-electron chi connectivity index (χ2n) is 6.28. The minimum absolute atomic E-state index is 0.288. The van der Waals surface area contributed by atoms with Crippen LogP contribution in [0.15, 0.2) is 59.0 Å². The van der Waals surface area contributed by atoms with Crippen LogP contribution in [-0.2, 0) is 17.6 Å². The van der Waals surface area contributed by atoms with Crippen LogP contribution in [0.5, 0.6) is 5.75 Å². The largest absolute Gasteiger partial charge is 0.493 e. The number of benzene rings is 2. The fourth-order valence-electron chi connectivity index (χ4n) is 2.69. The predicted octanol–water partition coefficient (Wildman–Crippen LogP) is 3.23. The minimum Gasteiger partial charge on any atom is -0.493 e. The normalized spacial score (nSPS) is 11.9. The molecule has 6 nitrogen and oxygen atoms in total. The molecule has 0 saturated heterocycles. The number of aryl methyl sites for hydroxylation is 1. The van der Waals surface area contributed by atoms with Crippen molar-refractivity contribution in [2.75, 3.05) is 6.61 Å². The molecular formula is C21H22N2O4. The third kappa shape index (κ3) is 4.95. The van der Waals surface area contributed by atoms with Crippen LogP contribution in [-0.4, -0.2) is 28.7 Å². The molecule has 0 amide bonds. The summed E-state index contributed by atoms with van der Waals surface area (Å²) in [7, 11) is 0. The molecule has 0 fully saturated rings. The van der Waals surface area contributed by atoms with E-state index in [0.29, 0.717) is 24.7 Å². The van der Waals surface area contributed by atoms with Gasteiger partial charge < -0.3 is 20.0 Å². The van der Waals surface area contributed by atoms with E-state index in [9.17, 15) is 4.79 Å². The van der Waals surface area contributed by atoms with Crippen LogP contribution in [0, 0.1) is 6.92 Å². The lowest BCUT2D eigenvalue weighted by molar-refractivity contribution is -0.138. The molecule has 1 atom stereocenters. The second-order valence-corrected chi connectivity index (χ2v) is 6.28. The number of ether oxygens (including phenoxy) is 1. The second kappa shape index (κ2) is 8.51. The minimum atomic E-state index is -1.01. The van der Waals surface area contributed by atoms with E-state index in [2.05, 4.69) is 4.98 Å². The van der Waals surface area contributed by atoms with Gasteiger partial charge in [0.25, 0.3) is 0 Å². The van der Waals surface area contributed by atoms with Crippen molar-refractivity contribution in [3.63, 3.8) is 0 Å². The number of aromatic nitrogens is 1. The fraction of sp³-hybridized carbons (Fsp3) is 0.238. The lowest BCUT2D eigenvalue weighted by Crippen LogP contribution is -2.32. The van der Waals surface area contributed by atoms with Crippen molar-refractivity contribution in [3.05, 3.63) is 71.6 Å². The topological polar surface area (TPSA) is 98.6 Å². The SMILES string of the molecule is Cc1oc(-c2ccccc2)nc1CCOc1ccc(CC(N)C(=O)O)cc1. The molecule has 3 rings (SSSR count). The zero-order valence-corrected chi connectivity index (χ0v) is 15.1. The Bertz CT molecular complexity index is 888. The van der Waals surface area contributed by atoms with Crippen molar-refractivity contribution in [2.24, 2.45) is 5.73 Å². The molecular weight excluding hydrogens is 344 g/mol. The first-order chi connectivity index (χ1) is 13.0. The van der Waals surface area contributed by atoms with Gasteiger partial charge in [0.2, 0.25) is 5.89 Å². The van der Waals surface area contributed by atoms with E-state index in [0.717, 1.165) is 22.6 Å². The number of carboxylic acids is 1. The van der Waals surface area contributed by atoms with Gasteiger partial charge in [-0.05, 0) is 43.2 Å². The van der Waals surface area contributed by atoms with E-state index in [1.807, 2.05) is 61.5 Å². The molecule has 1 heterocycles. The third-order valence-corrected chi connectivity index (χ3v) is 4.22. The highest BCUT2D eigenvalue weighted by molar-refractivity contribution is 5.73. The standard InChI is InChI=1S/C21H22N2O4/c1-14-19(23-20(27-14)16-5-3-2-4-6-16)11-12-26-17-9-7-15(8-10-17)13-18(22)21(24)25/h2-10,18H,11-13,22H2,1H3,(H,24,25). The average Bonchev–Trinajstić information content (AvgIpc) is 3.04. The van der Waals surface area contributed by atoms with Gasteiger partial charge in [0, 0.05) is 12.0 Å². The maximum Gasteiger partial charge on any atom is 0.320 e. The number of nitrogens with two attached hydrogens (primary N) is 1. The molecule has 0 saturated carbocycles. The molecule has 2 aromatic carbocycles. The van der Waals surface area contributed by atoms with Gasteiger partial charge in [-0.2, -0.15) is 0 Å². The highest BCUT2D eigenvalue weighted by Gasteiger charge is 2.13. The molecule has 0 aliphatic rings. The van der Waals surface area contributed by atoms with E-state index in [4.69, 9.17) is 20.0 Å². The van der Waals surface area contributed by atoms with Crippen molar-refractivity contribution in [3.8, 4) is 17.2 Å². The zero-order valence-electron chi connectivity index (χ0n) is 15.1. The maximum absolute atomic E-state index is 10.8. The molecule has 3 aromatic rings. The number of oxazole rings is 1. The molecule has 3 N–H and O–H groups in total. The molecule has 0 radical (unpaired) electrons. The lowest BCUT2D eigenvalue weighted by Gasteiger charge is -2.08. The monoisotopic (exact) mass is 366 g/mol. The Morgan fingerprint density at radius 3 is 2.56 bits per heavy atom. The Morgan fingerprint density at radius 1 is 1.19 bits per heavy atom. The van der Waals surface area contributed by atoms with E-state index in [1.54, 1.807) is 0 Å². The van der Waals surface area contributed by atoms with Crippen molar-refractivity contribution < 1.29 is 19.1 Å². The zero-order chi connectivity index (χ0) is 19.2. The first kappa shape index (κ1) is 18.7. The number of carboxylic acid groups (broad SMARTS) is 1. The van der Waals surface area contributed by atoms with Gasteiger partial charge in [-0.25, -0.2) is 4.98 Å². The molecule has 27 heavy (non-hydrogen) atoms. The van der Waals surface area contributed by atoms with Gasteiger partial charge in [-0.3, -0.25) is 4.79 Å².